The first-order valence-electron chi connectivity index (χ1n) is 8.77. The van der Waals surface area contributed by atoms with Crippen molar-refractivity contribution >= 4 is 16.8 Å². The number of para-hydroxylation sites is 1. The molecule has 3 N–H and O–H groups in total. The summed E-state index contributed by atoms with van der Waals surface area (Å²) in [6.07, 6.45) is 1.47. The number of fused-ring (bicyclic) bond motifs is 1. The second-order valence-corrected chi connectivity index (χ2v) is 6.34. The maximum Gasteiger partial charge on any atom is 0.257 e. The number of methoxy groups -OCH3 is 1. The van der Waals surface area contributed by atoms with Crippen molar-refractivity contribution in [2.45, 2.75) is 19.7 Å². The number of carbonyl (C=O) groups excluding carboxylic acids is 1. The maximum atomic E-state index is 12.7. The molecule has 2 aromatic carbocycles. The van der Waals surface area contributed by atoms with Gasteiger partial charge in [0.1, 0.15) is 5.56 Å². The van der Waals surface area contributed by atoms with Crippen molar-refractivity contribution in [2.24, 2.45) is 0 Å². The summed E-state index contributed by atoms with van der Waals surface area (Å²) in [4.78, 5) is 28.4. The molecule has 0 spiro atoms. The van der Waals surface area contributed by atoms with Crippen LogP contribution in [0.1, 0.15) is 27.0 Å². The van der Waals surface area contributed by atoms with E-state index in [0.717, 1.165) is 23.2 Å². The van der Waals surface area contributed by atoms with Gasteiger partial charge in [-0.25, -0.2) is 0 Å². The molecule has 1 heterocycles. The topological polar surface area (TPSA) is 83.2 Å². The number of aromatic nitrogens is 1. The second kappa shape index (κ2) is 8.62. The van der Waals surface area contributed by atoms with Gasteiger partial charge in [-0.15, -0.1) is 0 Å². The number of aromatic amines is 1. The molecule has 0 fully saturated rings. The van der Waals surface area contributed by atoms with E-state index in [4.69, 9.17) is 4.74 Å². The number of ether oxygens (including phenoxy) is 1. The lowest BCUT2D eigenvalue weighted by molar-refractivity contribution is 0.0949. The van der Waals surface area contributed by atoms with E-state index in [1.54, 1.807) is 19.2 Å². The van der Waals surface area contributed by atoms with Crippen molar-refractivity contribution in [2.75, 3.05) is 14.2 Å². The van der Waals surface area contributed by atoms with Crippen LogP contribution >= 0.6 is 0 Å². The molecule has 0 unspecified atom stereocenters. The number of H-pyrrole nitrogens is 1. The predicted octanol–water partition coefficient (Wildman–Crippen LogP) is 2.32. The first kappa shape index (κ1) is 18.8. The molecule has 1 amide bonds. The lowest BCUT2D eigenvalue weighted by Gasteiger charge is -2.09. The van der Waals surface area contributed by atoms with Crippen LogP contribution in [0.25, 0.3) is 10.9 Å². The minimum atomic E-state index is -0.394. The third-order valence-corrected chi connectivity index (χ3v) is 4.37. The van der Waals surface area contributed by atoms with Gasteiger partial charge in [0, 0.05) is 37.3 Å². The third-order valence-electron chi connectivity index (χ3n) is 4.37. The van der Waals surface area contributed by atoms with Gasteiger partial charge in [0.05, 0.1) is 12.1 Å². The maximum absolute atomic E-state index is 12.7. The number of benzene rings is 2. The average Bonchev–Trinajstić information content (AvgIpc) is 2.68. The molecule has 0 aliphatic carbocycles. The van der Waals surface area contributed by atoms with Gasteiger partial charge in [-0.1, -0.05) is 36.4 Å². The van der Waals surface area contributed by atoms with Gasteiger partial charge >= 0.3 is 0 Å². The standard InChI is InChI=1S/C21H23N3O3/c1-22-10-14-5-3-6-15(9-14)11-24-21(26)18-12-23-19-16(13-27-2)7-4-8-17(19)20(18)25/h3-9,12,22H,10-11,13H2,1-2H3,(H,23,25)(H,24,26). The Morgan fingerprint density at radius 2 is 1.85 bits per heavy atom. The molecular weight excluding hydrogens is 342 g/mol. The molecule has 0 saturated heterocycles. The fourth-order valence-corrected chi connectivity index (χ4v) is 3.09. The zero-order chi connectivity index (χ0) is 19.2. The lowest BCUT2D eigenvalue weighted by Crippen LogP contribution is -2.28. The Hall–Kier alpha value is -2.96. The van der Waals surface area contributed by atoms with E-state index in [9.17, 15) is 9.59 Å². The molecule has 0 saturated carbocycles. The van der Waals surface area contributed by atoms with Crippen molar-refractivity contribution in [3.05, 3.63) is 81.1 Å². The molecule has 140 valence electrons. The number of amides is 1. The minimum Gasteiger partial charge on any atom is -0.380 e. The Labute approximate surface area is 157 Å². The van der Waals surface area contributed by atoms with Crippen LogP contribution in [-0.4, -0.2) is 25.0 Å². The Morgan fingerprint density at radius 1 is 1.11 bits per heavy atom. The lowest BCUT2D eigenvalue weighted by atomic mass is 10.1. The van der Waals surface area contributed by atoms with Crippen molar-refractivity contribution in [3.63, 3.8) is 0 Å². The molecule has 3 aromatic rings. The van der Waals surface area contributed by atoms with Crippen LogP contribution in [0.15, 0.2) is 53.5 Å². The van der Waals surface area contributed by atoms with Gasteiger partial charge in [0.2, 0.25) is 5.43 Å². The van der Waals surface area contributed by atoms with Gasteiger partial charge < -0.3 is 20.4 Å². The molecule has 0 atom stereocenters. The normalized spacial score (nSPS) is 10.9. The Kier molecular flexibility index (Phi) is 6.01. The minimum absolute atomic E-state index is 0.100. The van der Waals surface area contributed by atoms with E-state index in [0.29, 0.717) is 24.1 Å². The average molecular weight is 365 g/mol. The summed E-state index contributed by atoms with van der Waals surface area (Å²) < 4.78 is 5.16. The number of nitrogens with one attached hydrogen (secondary N) is 3. The zero-order valence-electron chi connectivity index (χ0n) is 15.5. The molecular formula is C21H23N3O3. The van der Waals surface area contributed by atoms with Gasteiger partial charge in [-0.2, -0.15) is 0 Å². The van der Waals surface area contributed by atoms with E-state index >= 15 is 0 Å². The summed E-state index contributed by atoms with van der Waals surface area (Å²) in [5, 5.41) is 6.40. The summed E-state index contributed by atoms with van der Waals surface area (Å²) in [5.41, 5.74) is 3.50. The van der Waals surface area contributed by atoms with Crippen LogP contribution < -0.4 is 16.1 Å². The highest BCUT2D eigenvalue weighted by atomic mass is 16.5. The number of rotatable bonds is 7. The Morgan fingerprint density at radius 3 is 2.59 bits per heavy atom. The molecule has 6 nitrogen and oxygen atoms in total. The monoisotopic (exact) mass is 365 g/mol. The van der Waals surface area contributed by atoms with Crippen LogP contribution in [-0.2, 0) is 24.4 Å². The highest BCUT2D eigenvalue weighted by Crippen LogP contribution is 2.15. The van der Waals surface area contributed by atoms with Crippen LogP contribution in [0, 0.1) is 0 Å². The summed E-state index contributed by atoms with van der Waals surface area (Å²) in [6, 6.07) is 13.3. The Bertz CT molecular complexity index is 1010. The highest BCUT2D eigenvalue weighted by molar-refractivity contribution is 5.97. The number of hydrogen-bond donors (Lipinski definition) is 3. The fourth-order valence-electron chi connectivity index (χ4n) is 3.09. The van der Waals surface area contributed by atoms with Crippen LogP contribution in [0.4, 0.5) is 0 Å². The number of carbonyl (C=O) groups is 1. The summed E-state index contributed by atoms with van der Waals surface area (Å²) in [6.45, 7) is 1.51. The van der Waals surface area contributed by atoms with E-state index < -0.39 is 5.91 Å². The SMILES string of the molecule is CNCc1cccc(CNC(=O)c2c[nH]c3c(COC)cccc3c2=O)c1. The van der Waals surface area contributed by atoms with E-state index in [1.165, 1.54) is 6.20 Å². The van der Waals surface area contributed by atoms with Gasteiger partial charge in [0.15, 0.2) is 0 Å². The number of hydrogen-bond acceptors (Lipinski definition) is 4. The molecule has 0 bridgehead atoms. The van der Waals surface area contributed by atoms with E-state index in [2.05, 4.69) is 15.6 Å². The predicted molar refractivity (Wildman–Crippen MR) is 106 cm³/mol. The summed E-state index contributed by atoms with van der Waals surface area (Å²) in [7, 11) is 3.49. The largest absolute Gasteiger partial charge is 0.380 e. The molecule has 0 aliphatic rings. The Balaban J connectivity index is 1.81. The van der Waals surface area contributed by atoms with Crippen molar-refractivity contribution in [1.29, 1.82) is 0 Å². The molecule has 3 rings (SSSR count). The molecule has 0 radical (unpaired) electrons. The molecule has 6 heteroatoms. The quantitative estimate of drug-likeness (QED) is 0.600. The molecule has 0 aliphatic heterocycles. The summed E-state index contributed by atoms with van der Waals surface area (Å²) in [5.74, 6) is -0.394. The van der Waals surface area contributed by atoms with Crippen LogP contribution in [0.3, 0.4) is 0 Å². The van der Waals surface area contributed by atoms with Crippen molar-refractivity contribution in [3.8, 4) is 0 Å². The smallest absolute Gasteiger partial charge is 0.257 e. The second-order valence-electron chi connectivity index (χ2n) is 6.34. The van der Waals surface area contributed by atoms with Crippen LogP contribution in [0.5, 0.6) is 0 Å². The van der Waals surface area contributed by atoms with Gasteiger partial charge in [-0.3, -0.25) is 9.59 Å². The van der Waals surface area contributed by atoms with E-state index in [-0.39, 0.29) is 11.0 Å². The zero-order valence-corrected chi connectivity index (χ0v) is 15.5. The van der Waals surface area contributed by atoms with Crippen molar-refractivity contribution < 1.29 is 9.53 Å². The first-order valence-corrected chi connectivity index (χ1v) is 8.77. The summed E-state index contributed by atoms with van der Waals surface area (Å²) >= 11 is 0. The van der Waals surface area contributed by atoms with E-state index in [1.807, 2.05) is 37.4 Å². The van der Waals surface area contributed by atoms with Gasteiger partial charge in [-0.05, 0) is 24.2 Å². The first-order chi connectivity index (χ1) is 13.1. The third kappa shape index (κ3) is 4.24. The number of pyridine rings is 1. The fraction of sp³-hybridized carbons (Fsp3) is 0.238. The highest BCUT2D eigenvalue weighted by Gasteiger charge is 2.14. The van der Waals surface area contributed by atoms with Crippen molar-refractivity contribution in [1.82, 2.24) is 15.6 Å². The van der Waals surface area contributed by atoms with Gasteiger partial charge in [0.25, 0.3) is 5.91 Å². The van der Waals surface area contributed by atoms with Crippen LogP contribution in [0.2, 0.25) is 0 Å². The molecule has 1 aromatic heterocycles. The molecule has 27 heavy (non-hydrogen) atoms.